The van der Waals surface area contributed by atoms with E-state index in [0.717, 1.165) is 47.0 Å². The van der Waals surface area contributed by atoms with Crippen LogP contribution in [0.15, 0.2) is 41.4 Å². The SMILES string of the molecule is C=C1OCc2c(cc3n(c2=O)Cc2c-3nc3ccc(OC(=O)N4CCC(N5CCCCC5)CC4)cc3c2CC)[C@@]1(O)CC. The van der Waals surface area contributed by atoms with Crippen LogP contribution in [0.3, 0.4) is 0 Å². The molecule has 1 amide bonds. The second kappa shape index (κ2) is 10.8. The standard InChI is InChI=1S/C34H40N4O5/c1-4-24-25-17-23(43-33(40)37-15-11-22(12-16-37)36-13-7-6-8-14-36)9-10-29(25)35-31-26(24)19-38-30(31)18-28-27(32(38)39)20-42-21(3)34(28,41)5-2/h9-10,17-18,22,41H,3-8,11-16,19-20H2,1-2H3/t34-/m1/s1. The van der Waals surface area contributed by atoms with E-state index >= 15 is 0 Å². The summed E-state index contributed by atoms with van der Waals surface area (Å²) in [7, 11) is 0. The first-order valence-corrected chi connectivity index (χ1v) is 15.8. The minimum absolute atomic E-state index is 0.0899. The molecule has 0 spiro atoms. The van der Waals surface area contributed by atoms with Gasteiger partial charge in [0.05, 0.1) is 29.0 Å². The molecule has 1 atom stereocenters. The molecule has 6 heterocycles. The number of aryl methyl sites for hydroxylation is 1. The third kappa shape index (κ3) is 4.55. The molecule has 7 rings (SSSR count). The number of fused-ring (bicyclic) bond motifs is 5. The minimum Gasteiger partial charge on any atom is -0.490 e. The Bertz CT molecular complexity index is 1680. The van der Waals surface area contributed by atoms with Crippen molar-refractivity contribution in [2.45, 2.75) is 83.6 Å². The quantitative estimate of drug-likeness (QED) is 0.357. The first kappa shape index (κ1) is 28.1. The van der Waals surface area contributed by atoms with Crippen LogP contribution in [0.4, 0.5) is 4.79 Å². The zero-order valence-electron chi connectivity index (χ0n) is 25.2. The third-order valence-electron chi connectivity index (χ3n) is 10.1. The number of carbonyl (C=O) groups is 1. The van der Waals surface area contributed by atoms with E-state index in [1.54, 1.807) is 10.6 Å². The van der Waals surface area contributed by atoms with E-state index in [-0.39, 0.29) is 24.0 Å². The number of aliphatic hydroxyl groups is 1. The molecule has 0 aliphatic carbocycles. The molecule has 9 nitrogen and oxygen atoms in total. The summed E-state index contributed by atoms with van der Waals surface area (Å²) in [5, 5.41) is 12.3. The second-order valence-corrected chi connectivity index (χ2v) is 12.4. The summed E-state index contributed by atoms with van der Waals surface area (Å²) in [6, 6.07) is 8.05. The van der Waals surface area contributed by atoms with E-state index in [1.807, 2.05) is 30.0 Å². The molecule has 3 aromatic rings. The smallest absolute Gasteiger partial charge is 0.415 e. The van der Waals surface area contributed by atoms with Gasteiger partial charge in [0.2, 0.25) is 0 Å². The molecule has 0 bridgehead atoms. The largest absolute Gasteiger partial charge is 0.490 e. The fraction of sp³-hybridized carbons (Fsp3) is 0.500. The summed E-state index contributed by atoms with van der Waals surface area (Å²) in [5.74, 6) is 0.762. The van der Waals surface area contributed by atoms with Crippen molar-refractivity contribution in [1.29, 1.82) is 0 Å². The minimum atomic E-state index is -1.42. The van der Waals surface area contributed by atoms with Crippen LogP contribution in [-0.4, -0.2) is 62.8 Å². The number of aromatic nitrogens is 2. The normalized spacial score (nSPS) is 22.2. The Kier molecular flexibility index (Phi) is 7.05. The molecule has 43 heavy (non-hydrogen) atoms. The third-order valence-corrected chi connectivity index (χ3v) is 10.1. The highest BCUT2D eigenvalue weighted by Crippen LogP contribution is 2.43. The molecule has 0 unspecified atom stereocenters. The number of hydrogen-bond acceptors (Lipinski definition) is 7. The molecule has 2 fully saturated rings. The molecule has 226 valence electrons. The summed E-state index contributed by atoms with van der Waals surface area (Å²) in [4.78, 5) is 36.2. The van der Waals surface area contributed by atoms with Gasteiger partial charge in [-0.3, -0.25) is 4.79 Å². The van der Waals surface area contributed by atoms with Crippen molar-refractivity contribution in [1.82, 2.24) is 19.4 Å². The fourth-order valence-electron chi connectivity index (χ4n) is 7.59. The number of amides is 1. The lowest BCUT2D eigenvalue weighted by Crippen LogP contribution is -2.48. The van der Waals surface area contributed by atoms with E-state index in [9.17, 15) is 14.7 Å². The maximum atomic E-state index is 13.7. The van der Waals surface area contributed by atoms with Crippen molar-refractivity contribution in [3.8, 4) is 17.1 Å². The predicted molar refractivity (Wildman–Crippen MR) is 164 cm³/mol. The van der Waals surface area contributed by atoms with Gasteiger partial charge in [0.1, 0.15) is 23.7 Å². The van der Waals surface area contributed by atoms with Crippen LogP contribution >= 0.6 is 0 Å². The zero-order chi connectivity index (χ0) is 29.9. The Morgan fingerprint density at radius 2 is 1.88 bits per heavy atom. The molecule has 0 radical (unpaired) electrons. The highest BCUT2D eigenvalue weighted by atomic mass is 16.6. The summed E-state index contributed by atoms with van der Waals surface area (Å²) in [6.45, 7) is 12.1. The van der Waals surface area contributed by atoms with Crippen molar-refractivity contribution in [3.63, 3.8) is 0 Å². The maximum Gasteiger partial charge on any atom is 0.415 e. The fourth-order valence-corrected chi connectivity index (χ4v) is 7.59. The number of piperidine rings is 2. The lowest BCUT2D eigenvalue weighted by molar-refractivity contribution is -0.0172. The molecule has 2 aromatic heterocycles. The first-order valence-electron chi connectivity index (χ1n) is 15.8. The summed E-state index contributed by atoms with van der Waals surface area (Å²) in [5.41, 5.74) is 3.70. The van der Waals surface area contributed by atoms with Crippen molar-refractivity contribution in [2.24, 2.45) is 0 Å². The molecule has 4 aliphatic rings. The molecule has 2 saturated heterocycles. The van der Waals surface area contributed by atoms with Gasteiger partial charge in [0.25, 0.3) is 5.56 Å². The van der Waals surface area contributed by atoms with Gasteiger partial charge in [0, 0.05) is 35.6 Å². The number of rotatable bonds is 4. The van der Waals surface area contributed by atoms with Gasteiger partial charge in [0.15, 0.2) is 0 Å². The molecule has 0 saturated carbocycles. The number of benzene rings is 1. The Morgan fingerprint density at radius 1 is 1.12 bits per heavy atom. The van der Waals surface area contributed by atoms with Crippen LogP contribution < -0.4 is 10.3 Å². The van der Waals surface area contributed by atoms with Gasteiger partial charge in [-0.2, -0.15) is 0 Å². The van der Waals surface area contributed by atoms with Crippen LogP contribution in [0.25, 0.3) is 22.3 Å². The van der Waals surface area contributed by atoms with Crippen LogP contribution in [0.2, 0.25) is 0 Å². The van der Waals surface area contributed by atoms with Gasteiger partial charge in [-0.1, -0.05) is 26.8 Å². The maximum absolute atomic E-state index is 13.7. The number of ether oxygens (including phenoxy) is 2. The summed E-state index contributed by atoms with van der Waals surface area (Å²) in [6.07, 6.45) is 6.63. The molecular formula is C34H40N4O5. The van der Waals surface area contributed by atoms with E-state index in [1.165, 1.54) is 32.4 Å². The van der Waals surface area contributed by atoms with Crippen LogP contribution in [0.5, 0.6) is 5.75 Å². The highest BCUT2D eigenvalue weighted by Gasteiger charge is 2.41. The van der Waals surface area contributed by atoms with Crippen LogP contribution in [-0.2, 0) is 29.9 Å². The Hall–Kier alpha value is -3.69. The second-order valence-electron chi connectivity index (χ2n) is 12.4. The van der Waals surface area contributed by atoms with E-state index in [0.29, 0.717) is 54.7 Å². The number of carbonyl (C=O) groups excluding carboxylic acids is 1. The van der Waals surface area contributed by atoms with Gasteiger partial charge in [-0.25, -0.2) is 9.78 Å². The van der Waals surface area contributed by atoms with E-state index in [2.05, 4.69) is 18.4 Å². The topological polar surface area (TPSA) is 97.1 Å². The lowest BCUT2D eigenvalue weighted by Gasteiger charge is -2.39. The van der Waals surface area contributed by atoms with Crippen LogP contribution in [0, 0.1) is 0 Å². The highest BCUT2D eigenvalue weighted by molar-refractivity contribution is 5.89. The summed E-state index contributed by atoms with van der Waals surface area (Å²) >= 11 is 0. The number of pyridine rings is 2. The zero-order valence-corrected chi connectivity index (χ0v) is 25.2. The van der Waals surface area contributed by atoms with Crippen molar-refractivity contribution >= 4 is 17.0 Å². The Morgan fingerprint density at radius 3 is 2.60 bits per heavy atom. The average molecular weight is 585 g/mol. The molecule has 9 heteroatoms. The number of hydrogen-bond donors (Lipinski definition) is 1. The van der Waals surface area contributed by atoms with Crippen molar-refractivity contribution in [2.75, 3.05) is 26.2 Å². The average Bonchev–Trinajstić information content (AvgIpc) is 3.41. The molecule has 4 aliphatic heterocycles. The molecule has 1 N–H and O–H groups in total. The first-order chi connectivity index (χ1) is 20.8. The number of nitrogens with zero attached hydrogens (tertiary/aromatic N) is 4. The Labute approximate surface area is 251 Å². The molecular weight excluding hydrogens is 544 g/mol. The van der Waals surface area contributed by atoms with Gasteiger partial charge >= 0.3 is 6.09 Å². The van der Waals surface area contributed by atoms with Gasteiger partial charge in [-0.15, -0.1) is 0 Å². The van der Waals surface area contributed by atoms with Crippen LogP contribution in [0.1, 0.15) is 74.6 Å². The monoisotopic (exact) mass is 584 g/mol. The van der Waals surface area contributed by atoms with Crippen molar-refractivity contribution in [3.05, 3.63) is 69.2 Å². The number of likely N-dealkylation sites (tertiary alicyclic amines) is 2. The lowest BCUT2D eigenvalue weighted by atomic mass is 9.84. The van der Waals surface area contributed by atoms with E-state index in [4.69, 9.17) is 14.5 Å². The molecule has 1 aromatic carbocycles. The predicted octanol–water partition coefficient (Wildman–Crippen LogP) is 5.08. The van der Waals surface area contributed by atoms with Gasteiger partial charge in [-0.05, 0) is 81.4 Å². The summed E-state index contributed by atoms with van der Waals surface area (Å²) < 4.78 is 13.3. The van der Waals surface area contributed by atoms with Crippen molar-refractivity contribution < 1.29 is 19.4 Å². The Balaban J connectivity index is 1.16. The van der Waals surface area contributed by atoms with E-state index < -0.39 is 5.60 Å². The van der Waals surface area contributed by atoms with Gasteiger partial charge < -0.3 is 28.9 Å².